The molecule has 2 aromatic rings. The molecule has 0 aliphatic heterocycles. The van der Waals surface area contributed by atoms with Crippen molar-refractivity contribution in [1.82, 2.24) is 9.97 Å². The number of aromatic nitrogens is 2. The number of benzene rings is 1. The van der Waals surface area contributed by atoms with Gasteiger partial charge in [-0.15, -0.1) is 0 Å². The predicted molar refractivity (Wildman–Crippen MR) is 69.4 cm³/mol. The third-order valence-electron chi connectivity index (χ3n) is 2.27. The quantitative estimate of drug-likeness (QED) is 0.837. The van der Waals surface area contributed by atoms with Crippen LogP contribution in [0.1, 0.15) is 5.56 Å². The summed E-state index contributed by atoms with van der Waals surface area (Å²) < 4.78 is 0. The molecule has 1 aromatic carbocycles. The van der Waals surface area contributed by atoms with Crippen LogP contribution >= 0.6 is 23.2 Å². The average molecular weight is 281 g/mol. The van der Waals surface area contributed by atoms with Gasteiger partial charge in [-0.05, 0) is 18.2 Å². The van der Waals surface area contributed by atoms with Gasteiger partial charge in [-0.25, -0.2) is 4.79 Å². The second kappa shape index (κ2) is 4.69. The Morgan fingerprint density at radius 3 is 2.72 bits per heavy atom. The van der Waals surface area contributed by atoms with Gasteiger partial charge in [0.1, 0.15) is 17.5 Å². The molecule has 0 spiro atoms. The standard InChI is InChI=1S/C11H6Cl2N4O/c12-5-1-2-6(8(13)3-5)9-7(4-14)10(15)17-11(18)16-9/h1-3H,(H3,15,16,17,18). The first-order chi connectivity index (χ1) is 8.52. The van der Waals surface area contributed by atoms with Crippen LogP contribution in [-0.2, 0) is 0 Å². The van der Waals surface area contributed by atoms with E-state index in [1.165, 1.54) is 6.07 Å². The Balaban J connectivity index is 2.79. The topological polar surface area (TPSA) is 95.6 Å². The third kappa shape index (κ3) is 2.16. The van der Waals surface area contributed by atoms with Gasteiger partial charge in [0.15, 0.2) is 0 Å². The Kier molecular flexibility index (Phi) is 3.24. The number of rotatable bonds is 1. The second-order valence-corrected chi connectivity index (χ2v) is 4.26. The van der Waals surface area contributed by atoms with Crippen molar-refractivity contribution in [2.75, 3.05) is 5.73 Å². The fourth-order valence-corrected chi connectivity index (χ4v) is 2.00. The van der Waals surface area contributed by atoms with E-state index in [1.807, 2.05) is 6.07 Å². The van der Waals surface area contributed by atoms with Gasteiger partial charge in [0.05, 0.1) is 10.7 Å². The number of anilines is 1. The monoisotopic (exact) mass is 280 g/mol. The van der Waals surface area contributed by atoms with Crippen LogP contribution in [0.2, 0.25) is 10.0 Å². The minimum atomic E-state index is -0.646. The average Bonchev–Trinajstić information content (AvgIpc) is 2.28. The summed E-state index contributed by atoms with van der Waals surface area (Å²) in [5.74, 6) is -0.137. The highest BCUT2D eigenvalue weighted by Crippen LogP contribution is 2.31. The summed E-state index contributed by atoms with van der Waals surface area (Å²) in [6.45, 7) is 0. The SMILES string of the molecule is N#Cc1c(N)nc(=O)[nH]c1-c1ccc(Cl)cc1Cl. The molecule has 90 valence electrons. The summed E-state index contributed by atoms with van der Waals surface area (Å²) in [5.41, 5.74) is 5.64. The Morgan fingerprint density at radius 2 is 2.11 bits per heavy atom. The molecule has 0 aliphatic carbocycles. The van der Waals surface area contributed by atoms with Crippen molar-refractivity contribution in [3.63, 3.8) is 0 Å². The summed E-state index contributed by atoms with van der Waals surface area (Å²) in [6.07, 6.45) is 0. The number of hydrogen-bond donors (Lipinski definition) is 2. The van der Waals surface area contributed by atoms with Crippen molar-refractivity contribution in [2.45, 2.75) is 0 Å². The third-order valence-corrected chi connectivity index (χ3v) is 2.82. The number of aromatic amines is 1. The number of nitriles is 1. The maximum Gasteiger partial charge on any atom is 0.347 e. The zero-order valence-electron chi connectivity index (χ0n) is 8.87. The molecular formula is C11H6Cl2N4O. The lowest BCUT2D eigenvalue weighted by atomic mass is 10.1. The van der Waals surface area contributed by atoms with E-state index in [4.69, 9.17) is 34.2 Å². The molecule has 0 saturated heterocycles. The van der Waals surface area contributed by atoms with E-state index in [0.29, 0.717) is 15.6 Å². The van der Waals surface area contributed by atoms with Crippen LogP contribution < -0.4 is 11.4 Å². The molecule has 0 aliphatic rings. The molecule has 0 bridgehead atoms. The molecular weight excluding hydrogens is 275 g/mol. The molecule has 5 nitrogen and oxygen atoms in total. The molecule has 0 amide bonds. The van der Waals surface area contributed by atoms with Gasteiger partial charge < -0.3 is 10.7 Å². The highest BCUT2D eigenvalue weighted by atomic mass is 35.5. The van der Waals surface area contributed by atoms with Crippen LogP contribution in [0, 0.1) is 11.3 Å². The number of nitrogens with zero attached hydrogens (tertiary/aromatic N) is 2. The zero-order chi connectivity index (χ0) is 13.3. The second-order valence-electron chi connectivity index (χ2n) is 3.41. The van der Waals surface area contributed by atoms with Gasteiger partial charge in [0, 0.05) is 10.6 Å². The Hall–Kier alpha value is -2.03. The van der Waals surface area contributed by atoms with Gasteiger partial charge in [-0.2, -0.15) is 10.2 Å². The molecule has 0 fully saturated rings. The van der Waals surface area contributed by atoms with E-state index in [1.54, 1.807) is 12.1 Å². The highest BCUT2D eigenvalue weighted by molar-refractivity contribution is 6.36. The molecule has 1 heterocycles. The van der Waals surface area contributed by atoms with E-state index in [-0.39, 0.29) is 17.1 Å². The molecule has 0 radical (unpaired) electrons. The molecule has 7 heteroatoms. The summed E-state index contributed by atoms with van der Waals surface area (Å²) in [5, 5.41) is 9.79. The first kappa shape index (κ1) is 12.4. The van der Waals surface area contributed by atoms with Crippen LogP contribution in [0.3, 0.4) is 0 Å². The molecule has 0 unspecified atom stereocenters. The van der Waals surface area contributed by atoms with Crippen molar-refractivity contribution in [3.05, 3.63) is 44.3 Å². The number of nitrogens with one attached hydrogen (secondary N) is 1. The van der Waals surface area contributed by atoms with Crippen molar-refractivity contribution < 1.29 is 0 Å². The normalized spacial score (nSPS) is 10.1. The minimum absolute atomic E-state index is 0.0684. The summed E-state index contributed by atoms with van der Waals surface area (Å²) >= 11 is 11.8. The summed E-state index contributed by atoms with van der Waals surface area (Å²) in [6, 6.07) is 6.58. The first-order valence-corrected chi connectivity index (χ1v) is 5.54. The summed E-state index contributed by atoms with van der Waals surface area (Å²) in [4.78, 5) is 17.2. The number of H-pyrrole nitrogens is 1. The van der Waals surface area contributed by atoms with Crippen LogP contribution in [0.15, 0.2) is 23.0 Å². The predicted octanol–water partition coefficient (Wildman–Crippen LogP) is 2.20. The van der Waals surface area contributed by atoms with Crippen molar-refractivity contribution in [3.8, 4) is 17.3 Å². The summed E-state index contributed by atoms with van der Waals surface area (Å²) in [7, 11) is 0. The van der Waals surface area contributed by atoms with Gasteiger partial charge in [-0.1, -0.05) is 23.2 Å². The highest BCUT2D eigenvalue weighted by Gasteiger charge is 2.14. The van der Waals surface area contributed by atoms with Crippen molar-refractivity contribution in [1.29, 1.82) is 5.26 Å². The lowest BCUT2D eigenvalue weighted by Crippen LogP contribution is -2.15. The van der Waals surface area contributed by atoms with Gasteiger partial charge >= 0.3 is 5.69 Å². The Morgan fingerprint density at radius 1 is 1.39 bits per heavy atom. The molecule has 2 rings (SSSR count). The zero-order valence-corrected chi connectivity index (χ0v) is 10.4. The number of halogens is 2. The lowest BCUT2D eigenvalue weighted by molar-refractivity contribution is 1.08. The van der Waals surface area contributed by atoms with E-state index < -0.39 is 5.69 Å². The van der Waals surface area contributed by atoms with Crippen molar-refractivity contribution >= 4 is 29.0 Å². The van der Waals surface area contributed by atoms with Crippen molar-refractivity contribution in [2.24, 2.45) is 0 Å². The maximum atomic E-state index is 11.3. The Labute approximate surface area is 112 Å². The molecule has 0 atom stereocenters. The minimum Gasteiger partial charge on any atom is -0.382 e. The largest absolute Gasteiger partial charge is 0.382 e. The smallest absolute Gasteiger partial charge is 0.347 e. The van der Waals surface area contributed by atoms with Crippen LogP contribution in [0.4, 0.5) is 5.82 Å². The number of nitrogen functional groups attached to an aromatic ring is 1. The van der Waals surface area contributed by atoms with Crippen LogP contribution in [0.5, 0.6) is 0 Å². The molecule has 0 saturated carbocycles. The van der Waals surface area contributed by atoms with Gasteiger partial charge in [0.2, 0.25) is 0 Å². The maximum absolute atomic E-state index is 11.3. The van der Waals surface area contributed by atoms with E-state index >= 15 is 0 Å². The lowest BCUT2D eigenvalue weighted by Gasteiger charge is -2.07. The molecule has 3 N–H and O–H groups in total. The van der Waals surface area contributed by atoms with Crippen LogP contribution in [0.25, 0.3) is 11.3 Å². The van der Waals surface area contributed by atoms with Crippen LogP contribution in [-0.4, -0.2) is 9.97 Å². The number of nitrogens with two attached hydrogens (primary N) is 1. The van der Waals surface area contributed by atoms with Gasteiger partial charge in [0.25, 0.3) is 0 Å². The first-order valence-electron chi connectivity index (χ1n) is 4.78. The van der Waals surface area contributed by atoms with E-state index in [2.05, 4.69) is 9.97 Å². The fourth-order valence-electron chi connectivity index (χ4n) is 1.50. The van der Waals surface area contributed by atoms with E-state index in [0.717, 1.165) is 0 Å². The number of hydrogen-bond acceptors (Lipinski definition) is 4. The molecule has 18 heavy (non-hydrogen) atoms. The fraction of sp³-hybridized carbons (Fsp3) is 0. The Bertz CT molecular complexity index is 718. The van der Waals surface area contributed by atoms with Gasteiger partial charge in [-0.3, -0.25) is 0 Å². The van der Waals surface area contributed by atoms with E-state index in [9.17, 15) is 4.79 Å². The molecule has 1 aromatic heterocycles.